The molecule has 1 N–H and O–H groups in total. The minimum atomic E-state index is 0.649. The quantitative estimate of drug-likeness (QED) is 0.629. The molecule has 0 unspecified atom stereocenters. The molecule has 1 aromatic rings. The summed E-state index contributed by atoms with van der Waals surface area (Å²) >= 11 is 0. The third-order valence-electron chi connectivity index (χ3n) is 8.49. The summed E-state index contributed by atoms with van der Waals surface area (Å²) in [5.41, 5.74) is 3.49. The maximum Gasteiger partial charge on any atom is 0.0366 e. The van der Waals surface area contributed by atoms with Gasteiger partial charge in [-0.25, -0.2) is 0 Å². The molecule has 2 saturated heterocycles. The highest BCUT2D eigenvalue weighted by atomic mass is 15.2. The van der Waals surface area contributed by atoms with Crippen LogP contribution < -0.4 is 10.2 Å². The highest BCUT2D eigenvalue weighted by Crippen LogP contribution is 2.43. The van der Waals surface area contributed by atoms with E-state index in [1.54, 1.807) is 0 Å². The van der Waals surface area contributed by atoms with Crippen molar-refractivity contribution in [3.05, 3.63) is 29.8 Å². The average molecular weight is 398 g/mol. The van der Waals surface area contributed by atoms with Gasteiger partial charge in [0.25, 0.3) is 0 Å². The maximum atomic E-state index is 3.64. The number of likely N-dealkylation sites (tertiary alicyclic amines) is 1. The topological polar surface area (TPSA) is 18.5 Å². The molecule has 0 bridgehead atoms. The van der Waals surface area contributed by atoms with E-state index >= 15 is 0 Å². The molecule has 1 spiro atoms. The molecular weight excluding hydrogens is 354 g/mol. The molecule has 1 aromatic carbocycles. The fourth-order valence-corrected chi connectivity index (χ4v) is 5.68. The lowest BCUT2D eigenvalue weighted by Crippen LogP contribution is -2.50. The third kappa shape index (κ3) is 5.17. The van der Waals surface area contributed by atoms with Crippen LogP contribution in [0.5, 0.6) is 0 Å². The lowest BCUT2D eigenvalue weighted by Gasteiger charge is -2.50. The molecule has 0 radical (unpaired) electrons. The van der Waals surface area contributed by atoms with E-state index in [2.05, 4.69) is 53.2 Å². The summed E-state index contributed by atoms with van der Waals surface area (Å²) in [5, 5.41) is 3.64. The van der Waals surface area contributed by atoms with Crippen LogP contribution in [0.4, 0.5) is 5.69 Å². The van der Waals surface area contributed by atoms with Crippen molar-refractivity contribution in [1.29, 1.82) is 0 Å². The van der Waals surface area contributed by atoms with E-state index in [4.69, 9.17) is 0 Å². The average Bonchev–Trinajstić information content (AvgIpc) is 2.73. The number of hydrogen-bond acceptors (Lipinski definition) is 3. The van der Waals surface area contributed by atoms with Gasteiger partial charge in [-0.15, -0.1) is 0 Å². The highest BCUT2D eigenvalue weighted by Gasteiger charge is 2.39. The molecule has 0 amide bonds. The van der Waals surface area contributed by atoms with Gasteiger partial charge < -0.3 is 15.1 Å². The number of benzene rings is 1. The first-order chi connectivity index (χ1) is 14.2. The molecule has 3 nitrogen and oxygen atoms in total. The van der Waals surface area contributed by atoms with Crippen molar-refractivity contribution in [2.45, 2.75) is 84.2 Å². The van der Waals surface area contributed by atoms with Gasteiger partial charge in [0, 0.05) is 31.4 Å². The van der Waals surface area contributed by atoms with Crippen LogP contribution in [0.1, 0.15) is 77.2 Å². The third-order valence-corrected chi connectivity index (χ3v) is 8.49. The Balaban J connectivity index is 1.21. The molecule has 29 heavy (non-hydrogen) atoms. The SMILES string of the molecule is CCC(CC)CNCc1ccc(N2CCC3(CC2)CCN(C2CCC2)CC3)cc1. The van der Waals surface area contributed by atoms with Gasteiger partial charge in [0.2, 0.25) is 0 Å². The molecule has 3 heteroatoms. The fourth-order valence-electron chi connectivity index (χ4n) is 5.68. The number of nitrogens with zero attached hydrogens (tertiary/aromatic N) is 2. The number of nitrogens with one attached hydrogen (secondary N) is 1. The number of piperidine rings is 2. The van der Waals surface area contributed by atoms with Crippen molar-refractivity contribution < 1.29 is 0 Å². The summed E-state index contributed by atoms with van der Waals surface area (Å²) in [6.07, 6.45) is 12.6. The molecule has 162 valence electrons. The summed E-state index contributed by atoms with van der Waals surface area (Å²) in [7, 11) is 0. The Morgan fingerprint density at radius 3 is 2.10 bits per heavy atom. The first kappa shape index (κ1) is 21.2. The second-order valence-corrected chi connectivity index (χ2v) is 10.1. The summed E-state index contributed by atoms with van der Waals surface area (Å²) < 4.78 is 0. The molecule has 2 aliphatic heterocycles. The van der Waals surface area contributed by atoms with Crippen molar-refractivity contribution in [3.63, 3.8) is 0 Å². The minimum Gasteiger partial charge on any atom is -0.371 e. The molecule has 3 aliphatic rings. The molecule has 1 aliphatic carbocycles. The predicted octanol–water partition coefficient (Wildman–Crippen LogP) is 5.45. The van der Waals surface area contributed by atoms with Gasteiger partial charge in [0.05, 0.1) is 0 Å². The van der Waals surface area contributed by atoms with Gasteiger partial charge in [-0.2, -0.15) is 0 Å². The molecular formula is C26H43N3. The fraction of sp³-hybridized carbons (Fsp3) is 0.769. The van der Waals surface area contributed by atoms with Gasteiger partial charge in [-0.1, -0.05) is 45.2 Å². The Kier molecular flexibility index (Phi) is 7.18. The standard InChI is InChI=1S/C26H43N3/c1-3-22(4-2)20-27-21-23-8-10-25(11-9-23)29-18-14-26(15-19-29)12-16-28(17-13-26)24-6-5-7-24/h8-11,22,24,27H,3-7,12-21H2,1-2H3. The van der Waals surface area contributed by atoms with E-state index in [1.165, 1.54) is 95.2 Å². The number of rotatable bonds is 8. The summed E-state index contributed by atoms with van der Waals surface area (Å²) in [5.74, 6) is 0.815. The van der Waals surface area contributed by atoms with Gasteiger partial charge in [-0.3, -0.25) is 0 Å². The normalized spacial score (nSPS) is 22.9. The number of hydrogen-bond donors (Lipinski definition) is 1. The Morgan fingerprint density at radius 1 is 0.931 bits per heavy atom. The Morgan fingerprint density at radius 2 is 1.55 bits per heavy atom. The van der Waals surface area contributed by atoms with Crippen molar-refractivity contribution in [2.24, 2.45) is 11.3 Å². The van der Waals surface area contributed by atoms with Crippen LogP contribution in [0.2, 0.25) is 0 Å². The van der Waals surface area contributed by atoms with Crippen LogP contribution in [-0.2, 0) is 6.54 Å². The van der Waals surface area contributed by atoms with Crippen molar-refractivity contribution in [2.75, 3.05) is 37.6 Å². The van der Waals surface area contributed by atoms with E-state index in [1.807, 2.05) is 0 Å². The van der Waals surface area contributed by atoms with E-state index in [9.17, 15) is 0 Å². The molecule has 0 aromatic heterocycles. The smallest absolute Gasteiger partial charge is 0.0366 e. The second-order valence-electron chi connectivity index (χ2n) is 10.1. The molecule has 3 fully saturated rings. The van der Waals surface area contributed by atoms with Gasteiger partial charge in [0.15, 0.2) is 0 Å². The molecule has 1 saturated carbocycles. The molecule has 0 atom stereocenters. The van der Waals surface area contributed by atoms with Gasteiger partial charge in [0.1, 0.15) is 0 Å². The zero-order valence-electron chi connectivity index (χ0n) is 19.0. The Bertz CT molecular complexity index is 599. The van der Waals surface area contributed by atoms with E-state index < -0.39 is 0 Å². The number of anilines is 1. The zero-order valence-corrected chi connectivity index (χ0v) is 19.0. The summed E-state index contributed by atoms with van der Waals surface area (Å²) in [6.45, 7) is 12.0. The van der Waals surface area contributed by atoms with Gasteiger partial charge >= 0.3 is 0 Å². The monoisotopic (exact) mass is 397 g/mol. The zero-order chi connectivity index (χ0) is 20.1. The first-order valence-corrected chi connectivity index (χ1v) is 12.5. The van der Waals surface area contributed by atoms with E-state index in [0.717, 1.165) is 25.0 Å². The molecule has 4 rings (SSSR count). The maximum absolute atomic E-state index is 3.64. The summed E-state index contributed by atoms with van der Waals surface area (Å²) in [4.78, 5) is 5.43. The van der Waals surface area contributed by atoms with Crippen LogP contribution in [0.3, 0.4) is 0 Å². The van der Waals surface area contributed by atoms with Crippen molar-refractivity contribution in [3.8, 4) is 0 Å². The van der Waals surface area contributed by atoms with Crippen molar-refractivity contribution >= 4 is 5.69 Å². The van der Waals surface area contributed by atoms with E-state index in [-0.39, 0.29) is 0 Å². The highest BCUT2D eigenvalue weighted by molar-refractivity contribution is 5.48. The second kappa shape index (κ2) is 9.83. The summed E-state index contributed by atoms with van der Waals surface area (Å²) in [6, 6.07) is 10.3. The predicted molar refractivity (Wildman–Crippen MR) is 125 cm³/mol. The van der Waals surface area contributed by atoms with Crippen LogP contribution in [0.25, 0.3) is 0 Å². The minimum absolute atomic E-state index is 0.649. The van der Waals surface area contributed by atoms with Crippen molar-refractivity contribution in [1.82, 2.24) is 10.2 Å². The molecule has 2 heterocycles. The lowest BCUT2D eigenvalue weighted by atomic mass is 9.70. The van der Waals surface area contributed by atoms with Crippen LogP contribution >= 0.6 is 0 Å². The van der Waals surface area contributed by atoms with Gasteiger partial charge in [-0.05, 0) is 87.2 Å². The van der Waals surface area contributed by atoms with Crippen LogP contribution in [0, 0.1) is 11.3 Å². The first-order valence-electron chi connectivity index (χ1n) is 12.5. The Labute approximate surface area is 179 Å². The Hall–Kier alpha value is -1.06. The largest absolute Gasteiger partial charge is 0.371 e. The van der Waals surface area contributed by atoms with E-state index in [0.29, 0.717) is 5.41 Å². The van der Waals surface area contributed by atoms with Crippen LogP contribution in [0.15, 0.2) is 24.3 Å². The lowest BCUT2D eigenvalue weighted by molar-refractivity contribution is 0.0306. The van der Waals surface area contributed by atoms with Crippen LogP contribution in [-0.4, -0.2) is 43.7 Å².